The number of aromatic nitrogens is 1. The lowest BCUT2D eigenvalue weighted by atomic mass is 10.1. The van der Waals surface area contributed by atoms with Crippen LogP contribution in [0.25, 0.3) is 10.9 Å². The Bertz CT molecular complexity index is 914. The third-order valence-electron chi connectivity index (χ3n) is 5.23. The summed E-state index contributed by atoms with van der Waals surface area (Å²) in [5.74, 6) is -0.0212. The molecular weight excluding hydrogens is 348 g/mol. The fourth-order valence-electron chi connectivity index (χ4n) is 3.46. The molecule has 0 unspecified atom stereocenters. The molecule has 28 heavy (non-hydrogen) atoms. The van der Waals surface area contributed by atoms with Gasteiger partial charge in [-0.3, -0.25) is 4.79 Å². The van der Waals surface area contributed by atoms with Crippen LogP contribution < -0.4 is 11.1 Å². The van der Waals surface area contributed by atoms with E-state index >= 15 is 0 Å². The highest BCUT2D eigenvalue weighted by molar-refractivity contribution is 5.98. The molecule has 2 aromatic carbocycles. The van der Waals surface area contributed by atoms with E-state index in [1.807, 2.05) is 41.9 Å². The maximum absolute atomic E-state index is 12.5. The summed E-state index contributed by atoms with van der Waals surface area (Å²) in [6.45, 7) is 3.07. The molecule has 0 saturated carbocycles. The molecule has 0 atom stereocenters. The molecule has 1 aromatic heterocycles. The minimum atomic E-state index is -0.0212. The molecule has 0 spiro atoms. The number of nitrogens with zero attached hydrogens (tertiary/aromatic N) is 2. The Kier molecular flexibility index (Phi) is 6.85. The van der Waals surface area contributed by atoms with Crippen LogP contribution in [0, 0.1) is 0 Å². The number of rotatable bonds is 9. The summed E-state index contributed by atoms with van der Waals surface area (Å²) in [5, 5.41) is 4.13. The molecule has 0 bridgehead atoms. The normalized spacial score (nSPS) is 11.3. The number of nitrogens with one attached hydrogen (secondary N) is 1. The molecule has 3 rings (SSSR count). The Morgan fingerprint density at radius 2 is 1.79 bits per heavy atom. The third-order valence-corrected chi connectivity index (χ3v) is 5.23. The molecule has 1 heterocycles. The summed E-state index contributed by atoms with van der Waals surface area (Å²) in [6, 6.07) is 18.5. The van der Waals surface area contributed by atoms with Crippen molar-refractivity contribution in [2.45, 2.75) is 19.4 Å². The molecule has 0 aliphatic rings. The lowest BCUT2D eigenvalue weighted by molar-refractivity contribution is 0.0942. The number of para-hydroxylation sites is 1. The summed E-state index contributed by atoms with van der Waals surface area (Å²) >= 11 is 0. The third kappa shape index (κ3) is 5.00. The van der Waals surface area contributed by atoms with Crippen LogP contribution in [-0.4, -0.2) is 42.1 Å². The molecule has 0 radical (unpaired) electrons. The molecule has 5 nitrogen and oxygen atoms in total. The molecule has 3 aromatic rings. The largest absolute Gasteiger partial charge is 0.349 e. The van der Waals surface area contributed by atoms with Gasteiger partial charge < -0.3 is 20.5 Å². The van der Waals surface area contributed by atoms with Gasteiger partial charge in [0.1, 0.15) is 5.69 Å². The van der Waals surface area contributed by atoms with Crippen LogP contribution in [0.2, 0.25) is 0 Å². The number of hydrogen-bond acceptors (Lipinski definition) is 3. The van der Waals surface area contributed by atoms with E-state index in [0.717, 1.165) is 36.8 Å². The van der Waals surface area contributed by atoms with Gasteiger partial charge in [0.05, 0.1) is 0 Å². The van der Waals surface area contributed by atoms with E-state index < -0.39 is 0 Å². The number of likely N-dealkylation sites (N-methyl/N-ethyl adjacent to an activating group) is 1. The van der Waals surface area contributed by atoms with Gasteiger partial charge in [-0.05, 0) is 49.7 Å². The first-order valence-corrected chi connectivity index (χ1v) is 9.87. The van der Waals surface area contributed by atoms with Gasteiger partial charge in [0.25, 0.3) is 5.91 Å². The van der Waals surface area contributed by atoms with E-state index in [4.69, 9.17) is 5.73 Å². The van der Waals surface area contributed by atoms with Crippen molar-refractivity contribution in [2.75, 3.05) is 26.7 Å². The zero-order chi connectivity index (χ0) is 19.9. The Hall–Kier alpha value is -2.63. The molecule has 148 valence electrons. The average molecular weight is 379 g/mol. The highest BCUT2D eigenvalue weighted by Crippen LogP contribution is 2.18. The van der Waals surface area contributed by atoms with Crippen molar-refractivity contribution in [1.82, 2.24) is 14.8 Å². The van der Waals surface area contributed by atoms with Gasteiger partial charge in [0.15, 0.2) is 0 Å². The van der Waals surface area contributed by atoms with Crippen molar-refractivity contribution >= 4 is 16.8 Å². The van der Waals surface area contributed by atoms with Gasteiger partial charge in [-0.2, -0.15) is 0 Å². The number of benzene rings is 2. The van der Waals surface area contributed by atoms with E-state index in [9.17, 15) is 4.79 Å². The summed E-state index contributed by atoms with van der Waals surface area (Å²) in [4.78, 5) is 14.8. The molecule has 0 aliphatic carbocycles. The SMILES string of the molecule is CN(CCCc1ccc(CN)cc1)CCNC(=O)c1cc2ccccc2n1C. The van der Waals surface area contributed by atoms with Crippen LogP contribution in [0.4, 0.5) is 0 Å². The number of amides is 1. The van der Waals surface area contributed by atoms with Crippen LogP contribution in [0.1, 0.15) is 28.0 Å². The Morgan fingerprint density at radius 3 is 2.50 bits per heavy atom. The molecule has 0 aliphatic heterocycles. The Balaban J connectivity index is 1.40. The van der Waals surface area contributed by atoms with Crippen LogP contribution in [0.15, 0.2) is 54.6 Å². The topological polar surface area (TPSA) is 63.3 Å². The van der Waals surface area contributed by atoms with Crippen molar-refractivity contribution in [3.63, 3.8) is 0 Å². The number of fused-ring (bicyclic) bond motifs is 1. The fourth-order valence-corrected chi connectivity index (χ4v) is 3.46. The van der Waals surface area contributed by atoms with Crippen molar-refractivity contribution in [2.24, 2.45) is 12.8 Å². The predicted octanol–water partition coefficient (Wildman–Crippen LogP) is 2.93. The monoisotopic (exact) mass is 378 g/mol. The Labute approximate surface area is 167 Å². The minimum absolute atomic E-state index is 0.0212. The van der Waals surface area contributed by atoms with Gasteiger partial charge in [0, 0.05) is 37.6 Å². The van der Waals surface area contributed by atoms with E-state index in [1.165, 1.54) is 11.1 Å². The highest BCUT2D eigenvalue weighted by Gasteiger charge is 2.12. The number of aryl methyl sites for hydroxylation is 2. The fraction of sp³-hybridized carbons (Fsp3) is 0.348. The zero-order valence-corrected chi connectivity index (χ0v) is 16.8. The first-order chi connectivity index (χ1) is 13.6. The molecule has 1 amide bonds. The molecule has 5 heteroatoms. The summed E-state index contributed by atoms with van der Waals surface area (Å²) < 4.78 is 1.95. The predicted molar refractivity (Wildman–Crippen MR) is 115 cm³/mol. The second kappa shape index (κ2) is 9.53. The summed E-state index contributed by atoms with van der Waals surface area (Å²) in [7, 11) is 4.03. The second-order valence-corrected chi connectivity index (χ2v) is 7.33. The van der Waals surface area contributed by atoms with E-state index in [0.29, 0.717) is 18.8 Å². The molecule has 0 fully saturated rings. The van der Waals surface area contributed by atoms with Gasteiger partial charge in [-0.25, -0.2) is 0 Å². The van der Waals surface area contributed by atoms with E-state index in [2.05, 4.69) is 41.5 Å². The zero-order valence-electron chi connectivity index (χ0n) is 16.8. The van der Waals surface area contributed by atoms with Gasteiger partial charge in [0.2, 0.25) is 0 Å². The molecule has 0 saturated heterocycles. The summed E-state index contributed by atoms with van der Waals surface area (Å²) in [5.41, 5.74) is 9.92. The Morgan fingerprint density at radius 1 is 1.07 bits per heavy atom. The van der Waals surface area contributed by atoms with Gasteiger partial charge >= 0.3 is 0 Å². The first-order valence-electron chi connectivity index (χ1n) is 9.87. The van der Waals surface area contributed by atoms with E-state index in [-0.39, 0.29) is 5.91 Å². The second-order valence-electron chi connectivity index (χ2n) is 7.33. The van der Waals surface area contributed by atoms with Crippen molar-refractivity contribution < 1.29 is 4.79 Å². The van der Waals surface area contributed by atoms with Crippen LogP contribution in [0.3, 0.4) is 0 Å². The van der Waals surface area contributed by atoms with Crippen molar-refractivity contribution in [3.8, 4) is 0 Å². The summed E-state index contributed by atoms with van der Waals surface area (Å²) in [6.07, 6.45) is 2.15. The lowest BCUT2D eigenvalue weighted by Crippen LogP contribution is -2.34. The first kappa shape index (κ1) is 20.1. The number of carbonyl (C=O) groups excluding carboxylic acids is 1. The lowest BCUT2D eigenvalue weighted by Gasteiger charge is -2.17. The van der Waals surface area contributed by atoms with Gasteiger partial charge in [-0.15, -0.1) is 0 Å². The smallest absolute Gasteiger partial charge is 0.267 e. The minimum Gasteiger partial charge on any atom is -0.349 e. The van der Waals surface area contributed by atoms with Crippen LogP contribution in [-0.2, 0) is 20.0 Å². The van der Waals surface area contributed by atoms with E-state index in [1.54, 1.807) is 0 Å². The number of nitrogens with two attached hydrogens (primary N) is 1. The van der Waals surface area contributed by atoms with Crippen LogP contribution in [0.5, 0.6) is 0 Å². The van der Waals surface area contributed by atoms with Crippen LogP contribution >= 0.6 is 0 Å². The standard InChI is InChI=1S/C23H30N4O/c1-26(14-5-6-18-9-11-19(17-24)12-10-18)15-13-25-23(28)22-16-20-7-3-4-8-21(20)27(22)2/h3-4,7-12,16H,5-6,13-15,17,24H2,1-2H3,(H,25,28). The number of hydrogen-bond donors (Lipinski definition) is 2. The maximum atomic E-state index is 12.5. The quantitative estimate of drug-likeness (QED) is 0.602. The van der Waals surface area contributed by atoms with Gasteiger partial charge in [-0.1, -0.05) is 42.5 Å². The number of carbonyl (C=O) groups is 1. The molecular formula is C23H30N4O. The van der Waals surface area contributed by atoms with Crippen molar-refractivity contribution in [1.29, 1.82) is 0 Å². The highest BCUT2D eigenvalue weighted by atomic mass is 16.1. The van der Waals surface area contributed by atoms with Crippen molar-refractivity contribution in [3.05, 3.63) is 71.4 Å². The average Bonchev–Trinajstić information content (AvgIpc) is 3.05. The maximum Gasteiger partial charge on any atom is 0.267 e. The molecule has 3 N–H and O–H groups in total.